The Labute approximate surface area is 156 Å². The molecule has 0 unspecified atom stereocenters. The van der Waals surface area contributed by atoms with Gasteiger partial charge < -0.3 is 10.6 Å². The Morgan fingerprint density at radius 1 is 1.07 bits per heavy atom. The van der Waals surface area contributed by atoms with Gasteiger partial charge in [0, 0.05) is 20.0 Å². The first-order chi connectivity index (χ1) is 13.1. The highest BCUT2D eigenvalue weighted by atomic mass is 16.2. The average Bonchev–Trinajstić information content (AvgIpc) is 2.70. The van der Waals surface area contributed by atoms with Gasteiger partial charge in [-0.15, -0.1) is 0 Å². The number of hydrogen-bond acceptors (Lipinski definition) is 4. The van der Waals surface area contributed by atoms with Crippen LogP contribution in [0.15, 0.2) is 59.7 Å². The molecule has 138 valence electrons. The van der Waals surface area contributed by atoms with Crippen molar-refractivity contribution in [2.24, 2.45) is 0 Å². The number of nitrogens with one attached hydrogen (secondary N) is 2. The first kappa shape index (κ1) is 18.3. The van der Waals surface area contributed by atoms with Gasteiger partial charge in [0.25, 0.3) is 11.5 Å². The summed E-state index contributed by atoms with van der Waals surface area (Å²) in [7, 11) is 1.54. The Morgan fingerprint density at radius 2 is 1.81 bits per heavy atom. The Morgan fingerprint density at radius 3 is 2.63 bits per heavy atom. The van der Waals surface area contributed by atoms with Crippen LogP contribution in [-0.4, -0.2) is 28.4 Å². The molecule has 3 aromatic rings. The molecule has 1 aromatic heterocycles. The van der Waals surface area contributed by atoms with Crippen LogP contribution in [-0.2, 0) is 11.3 Å². The van der Waals surface area contributed by atoms with Crippen molar-refractivity contribution < 1.29 is 9.59 Å². The SMILES string of the molecule is CNC(=O)c1ccccc1NC(=O)CCCn1cnc2ccccc2c1=O. The Kier molecular flexibility index (Phi) is 5.61. The molecule has 0 radical (unpaired) electrons. The fourth-order valence-electron chi connectivity index (χ4n) is 2.81. The molecule has 3 rings (SSSR count). The molecule has 0 aliphatic heterocycles. The van der Waals surface area contributed by atoms with E-state index in [9.17, 15) is 14.4 Å². The molecule has 0 saturated carbocycles. The molecule has 2 aromatic carbocycles. The summed E-state index contributed by atoms with van der Waals surface area (Å²) in [6, 6.07) is 14.0. The number of aromatic nitrogens is 2. The van der Waals surface area contributed by atoms with Gasteiger partial charge in [-0.2, -0.15) is 0 Å². The lowest BCUT2D eigenvalue weighted by atomic mass is 10.1. The summed E-state index contributed by atoms with van der Waals surface area (Å²) >= 11 is 0. The van der Waals surface area contributed by atoms with Gasteiger partial charge in [0.15, 0.2) is 0 Å². The van der Waals surface area contributed by atoms with E-state index in [0.717, 1.165) is 0 Å². The number of benzene rings is 2. The van der Waals surface area contributed by atoms with Crippen molar-refractivity contribution in [2.75, 3.05) is 12.4 Å². The third kappa shape index (κ3) is 4.20. The van der Waals surface area contributed by atoms with Gasteiger partial charge in [0.2, 0.25) is 5.91 Å². The summed E-state index contributed by atoms with van der Waals surface area (Å²) in [6.45, 7) is 0.390. The number of para-hydroxylation sites is 2. The largest absolute Gasteiger partial charge is 0.355 e. The second-order valence-corrected chi connectivity index (χ2v) is 6.04. The molecule has 0 aliphatic rings. The third-order valence-electron chi connectivity index (χ3n) is 4.21. The van der Waals surface area contributed by atoms with Crippen LogP contribution < -0.4 is 16.2 Å². The lowest BCUT2D eigenvalue weighted by Gasteiger charge is -2.10. The van der Waals surface area contributed by atoms with Crippen LogP contribution in [0.1, 0.15) is 23.2 Å². The number of carbonyl (C=O) groups excluding carboxylic acids is 2. The molecule has 2 amide bonds. The van der Waals surface area contributed by atoms with E-state index in [0.29, 0.717) is 35.1 Å². The summed E-state index contributed by atoms with van der Waals surface area (Å²) in [6.07, 6.45) is 2.21. The van der Waals surface area contributed by atoms with Gasteiger partial charge in [-0.3, -0.25) is 19.0 Å². The van der Waals surface area contributed by atoms with E-state index in [4.69, 9.17) is 0 Å². The number of anilines is 1. The fourth-order valence-corrected chi connectivity index (χ4v) is 2.81. The highest BCUT2D eigenvalue weighted by molar-refractivity contribution is 6.03. The Hall–Kier alpha value is -3.48. The maximum absolute atomic E-state index is 12.4. The molecule has 0 aliphatic carbocycles. The van der Waals surface area contributed by atoms with Crippen molar-refractivity contribution in [3.63, 3.8) is 0 Å². The molecule has 0 bridgehead atoms. The standard InChI is InChI=1S/C20H20N4O3/c1-21-19(26)14-7-2-5-10-17(14)23-18(25)11-6-12-24-13-22-16-9-4-3-8-15(16)20(24)27/h2-5,7-10,13H,6,11-12H2,1H3,(H,21,26)(H,23,25). The monoisotopic (exact) mass is 364 g/mol. The van der Waals surface area contributed by atoms with E-state index in [1.165, 1.54) is 17.9 Å². The van der Waals surface area contributed by atoms with Gasteiger partial charge in [-0.1, -0.05) is 24.3 Å². The Balaban J connectivity index is 1.62. The summed E-state index contributed by atoms with van der Waals surface area (Å²) in [5.41, 5.74) is 1.41. The minimum Gasteiger partial charge on any atom is -0.355 e. The Bertz CT molecular complexity index is 1040. The van der Waals surface area contributed by atoms with Crippen molar-refractivity contribution in [3.05, 3.63) is 70.8 Å². The zero-order valence-electron chi connectivity index (χ0n) is 14.9. The zero-order valence-corrected chi connectivity index (χ0v) is 14.9. The van der Waals surface area contributed by atoms with E-state index in [1.54, 1.807) is 42.5 Å². The number of rotatable bonds is 6. The molecular formula is C20H20N4O3. The fraction of sp³-hybridized carbons (Fsp3) is 0.200. The van der Waals surface area contributed by atoms with E-state index in [2.05, 4.69) is 15.6 Å². The van der Waals surface area contributed by atoms with Crippen molar-refractivity contribution in [1.82, 2.24) is 14.9 Å². The lowest BCUT2D eigenvalue weighted by molar-refractivity contribution is -0.116. The predicted molar refractivity (Wildman–Crippen MR) is 104 cm³/mol. The van der Waals surface area contributed by atoms with Crippen LogP contribution in [0.4, 0.5) is 5.69 Å². The van der Waals surface area contributed by atoms with Crippen molar-refractivity contribution in [3.8, 4) is 0 Å². The van der Waals surface area contributed by atoms with Crippen molar-refractivity contribution in [1.29, 1.82) is 0 Å². The number of carbonyl (C=O) groups is 2. The molecule has 1 heterocycles. The van der Waals surface area contributed by atoms with E-state index >= 15 is 0 Å². The second-order valence-electron chi connectivity index (χ2n) is 6.04. The normalized spacial score (nSPS) is 10.6. The van der Waals surface area contributed by atoms with Crippen molar-refractivity contribution in [2.45, 2.75) is 19.4 Å². The van der Waals surface area contributed by atoms with Crippen LogP contribution in [0.3, 0.4) is 0 Å². The molecule has 0 fully saturated rings. The third-order valence-corrected chi connectivity index (χ3v) is 4.21. The van der Waals surface area contributed by atoms with E-state index in [1.807, 2.05) is 6.07 Å². The predicted octanol–water partition coefficient (Wildman–Crippen LogP) is 2.17. The summed E-state index contributed by atoms with van der Waals surface area (Å²) < 4.78 is 1.51. The summed E-state index contributed by atoms with van der Waals surface area (Å²) in [5.74, 6) is -0.479. The molecule has 0 saturated heterocycles. The van der Waals surface area contributed by atoms with E-state index in [-0.39, 0.29) is 23.8 Å². The minimum atomic E-state index is -0.264. The molecule has 27 heavy (non-hydrogen) atoms. The van der Waals surface area contributed by atoms with Crippen LogP contribution >= 0.6 is 0 Å². The molecule has 7 heteroatoms. The number of fused-ring (bicyclic) bond motifs is 1. The lowest BCUT2D eigenvalue weighted by Crippen LogP contribution is -2.23. The molecule has 7 nitrogen and oxygen atoms in total. The maximum Gasteiger partial charge on any atom is 0.261 e. The van der Waals surface area contributed by atoms with Gasteiger partial charge in [-0.25, -0.2) is 4.98 Å². The van der Waals surface area contributed by atoms with E-state index < -0.39 is 0 Å². The van der Waals surface area contributed by atoms with Crippen LogP contribution in [0.5, 0.6) is 0 Å². The number of aryl methyl sites for hydroxylation is 1. The first-order valence-electron chi connectivity index (χ1n) is 8.65. The topological polar surface area (TPSA) is 93.1 Å². The van der Waals surface area contributed by atoms with Crippen LogP contribution in [0.25, 0.3) is 10.9 Å². The second kappa shape index (κ2) is 8.27. The van der Waals surface area contributed by atoms with Gasteiger partial charge in [0.05, 0.1) is 28.5 Å². The summed E-state index contributed by atoms with van der Waals surface area (Å²) in [4.78, 5) is 40.8. The summed E-state index contributed by atoms with van der Waals surface area (Å²) in [5, 5.41) is 5.86. The van der Waals surface area contributed by atoms with Gasteiger partial charge in [0.1, 0.15) is 0 Å². The quantitative estimate of drug-likeness (QED) is 0.701. The zero-order chi connectivity index (χ0) is 19.2. The molecule has 0 atom stereocenters. The first-order valence-corrected chi connectivity index (χ1v) is 8.65. The average molecular weight is 364 g/mol. The highest BCUT2D eigenvalue weighted by Gasteiger charge is 2.12. The van der Waals surface area contributed by atoms with Crippen molar-refractivity contribution >= 4 is 28.4 Å². The number of amides is 2. The maximum atomic E-state index is 12.4. The smallest absolute Gasteiger partial charge is 0.261 e. The molecular weight excluding hydrogens is 344 g/mol. The number of hydrogen-bond donors (Lipinski definition) is 2. The highest BCUT2D eigenvalue weighted by Crippen LogP contribution is 2.15. The van der Waals surface area contributed by atoms with Crippen LogP contribution in [0.2, 0.25) is 0 Å². The molecule has 0 spiro atoms. The molecule has 2 N–H and O–H groups in total. The van der Waals surface area contributed by atoms with Gasteiger partial charge in [-0.05, 0) is 30.7 Å². The van der Waals surface area contributed by atoms with Gasteiger partial charge >= 0.3 is 0 Å². The van der Waals surface area contributed by atoms with Crippen LogP contribution in [0, 0.1) is 0 Å². The number of nitrogens with zero attached hydrogens (tertiary/aromatic N) is 2. The minimum absolute atomic E-state index is 0.119.